The molecule has 0 aromatic carbocycles. The minimum absolute atomic E-state index is 0.0179. The summed E-state index contributed by atoms with van der Waals surface area (Å²) in [6, 6.07) is 4.44. The molecular formula is C33H67IO4Si2. The second-order valence-electron chi connectivity index (χ2n) is 14.1. The molecule has 0 aliphatic heterocycles. The van der Waals surface area contributed by atoms with Gasteiger partial charge < -0.3 is 13.6 Å². The highest BCUT2D eigenvalue weighted by Crippen LogP contribution is 2.42. The number of ether oxygens (including phenoxy) is 1. The van der Waals surface area contributed by atoms with E-state index in [4.69, 9.17) is 13.6 Å². The molecule has 0 aliphatic rings. The summed E-state index contributed by atoms with van der Waals surface area (Å²) in [6.45, 7) is 34.0. The average molecular weight is 711 g/mol. The van der Waals surface area contributed by atoms with Crippen LogP contribution in [0.2, 0.25) is 35.3 Å². The topological polar surface area (TPSA) is 44.8 Å². The van der Waals surface area contributed by atoms with Gasteiger partial charge in [-0.3, -0.25) is 4.79 Å². The number of hydrogen-bond donors (Lipinski definition) is 0. The number of carbonyl (C=O) groups is 1. The Labute approximate surface area is 266 Å². The van der Waals surface area contributed by atoms with E-state index in [2.05, 4.69) is 110 Å². The van der Waals surface area contributed by atoms with Crippen molar-refractivity contribution in [2.75, 3.05) is 6.61 Å². The van der Waals surface area contributed by atoms with Crippen LogP contribution in [0.3, 0.4) is 0 Å². The Morgan fingerprint density at radius 2 is 1.18 bits per heavy atom. The molecule has 7 heteroatoms. The van der Waals surface area contributed by atoms with Crippen molar-refractivity contribution < 1.29 is 18.4 Å². The number of allylic oxidation sites excluding steroid dienone is 1. The Balaban J connectivity index is 6.92. The van der Waals surface area contributed by atoms with Crippen LogP contribution in [-0.4, -0.2) is 41.4 Å². The Bertz CT molecular complexity index is 754. The summed E-state index contributed by atoms with van der Waals surface area (Å²) in [6.07, 6.45) is 2.09. The van der Waals surface area contributed by atoms with Gasteiger partial charge in [0.05, 0.1) is 24.2 Å². The lowest BCUT2D eigenvalue weighted by Crippen LogP contribution is -2.54. The van der Waals surface area contributed by atoms with Gasteiger partial charge in [0, 0.05) is 11.8 Å². The van der Waals surface area contributed by atoms with Crippen LogP contribution in [0, 0.1) is 23.2 Å². The minimum atomic E-state index is -2.03. The smallest absolute Gasteiger partial charge is 0.311 e. The number of rotatable bonds is 19. The van der Waals surface area contributed by atoms with Crippen LogP contribution >= 0.6 is 22.6 Å². The molecule has 40 heavy (non-hydrogen) atoms. The fourth-order valence-corrected chi connectivity index (χ4v) is 14.0. The first-order valence-corrected chi connectivity index (χ1v) is 22.3. The van der Waals surface area contributed by atoms with Crippen molar-refractivity contribution in [1.82, 2.24) is 0 Å². The molecule has 0 bridgehead atoms. The predicted octanol–water partition coefficient (Wildman–Crippen LogP) is 11.2. The van der Waals surface area contributed by atoms with Crippen molar-refractivity contribution in [2.45, 2.75) is 164 Å². The van der Waals surface area contributed by atoms with Crippen LogP contribution in [0.4, 0.5) is 0 Å². The molecule has 0 rings (SSSR count). The maximum atomic E-state index is 12.8. The third kappa shape index (κ3) is 11.1. The molecule has 0 saturated carbocycles. The van der Waals surface area contributed by atoms with Crippen LogP contribution in [0.5, 0.6) is 0 Å². The van der Waals surface area contributed by atoms with Gasteiger partial charge in [-0.1, -0.05) is 104 Å². The number of esters is 1. The van der Waals surface area contributed by atoms with Gasteiger partial charge in [-0.2, -0.15) is 0 Å². The highest BCUT2D eigenvalue weighted by Gasteiger charge is 2.47. The van der Waals surface area contributed by atoms with Gasteiger partial charge >= 0.3 is 5.97 Å². The molecule has 0 aromatic rings. The fourth-order valence-electron chi connectivity index (χ4n) is 6.37. The minimum Gasteiger partial charge on any atom is -0.465 e. The van der Waals surface area contributed by atoms with E-state index in [0.29, 0.717) is 23.6 Å². The summed E-state index contributed by atoms with van der Waals surface area (Å²) < 4.78 is 23.2. The van der Waals surface area contributed by atoms with Crippen LogP contribution in [-0.2, 0) is 18.4 Å². The predicted molar refractivity (Wildman–Crippen MR) is 188 cm³/mol. The maximum Gasteiger partial charge on any atom is 0.311 e. The van der Waals surface area contributed by atoms with E-state index in [-0.39, 0.29) is 30.0 Å². The second-order valence-corrected chi connectivity index (χ2v) is 24.5. The standard InChI is InChI=1S/C33H67IO4Si2/c1-16-29(30(27(11)21-26(10)22-34)37-39(17-2,18-3)24(6)7)31(38-40(19-4,20-5)25(8)9)28(12)23-36-32(35)33(13,14)15/h22,24-25,27-31H,16-21,23H2,1-15H3/b26-22+/t27-,28-,29+,30+,31-/m1/s1. The fraction of sp³-hybridized carbons (Fsp3) is 0.909. The second kappa shape index (κ2) is 18.2. The zero-order chi connectivity index (χ0) is 31.5. The molecular weight excluding hydrogens is 643 g/mol. The summed E-state index contributed by atoms with van der Waals surface area (Å²) in [5, 5.41) is 0. The molecule has 0 aromatic heterocycles. The van der Waals surface area contributed by atoms with Gasteiger partial charge in [-0.15, -0.1) is 0 Å². The van der Waals surface area contributed by atoms with Crippen LogP contribution in [0.1, 0.15) is 117 Å². The third-order valence-electron chi connectivity index (χ3n) is 9.60. The summed E-state index contributed by atoms with van der Waals surface area (Å²) in [5.41, 5.74) is 1.95. The Kier molecular flexibility index (Phi) is 18.3. The first-order valence-electron chi connectivity index (χ1n) is 16.2. The van der Waals surface area contributed by atoms with Crippen molar-refractivity contribution in [2.24, 2.45) is 23.2 Å². The third-order valence-corrected chi connectivity index (χ3v) is 21.1. The molecule has 238 valence electrons. The number of carbonyl (C=O) groups excluding carboxylic acids is 1. The zero-order valence-corrected chi connectivity index (χ0v) is 33.2. The zero-order valence-electron chi connectivity index (χ0n) is 29.1. The SMILES string of the molecule is CC[C@@H]([C@@H](O[Si](CC)(CC)C(C)C)[C@H](C)C/C(C)=C/I)[C@H](O[Si](CC)(CC)C(C)C)[C@H](C)COC(=O)C(C)(C)C. The van der Waals surface area contributed by atoms with E-state index in [1.165, 1.54) is 5.57 Å². The lowest BCUT2D eigenvalue weighted by molar-refractivity contribution is -0.156. The van der Waals surface area contributed by atoms with Gasteiger partial charge in [0.1, 0.15) is 0 Å². The van der Waals surface area contributed by atoms with Gasteiger partial charge in [-0.25, -0.2) is 0 Å². The molecule has 0 heterocycles. The number of hydrogen-bond acceptors (Lipinski definition) is 4. The lowest BCUT2D eigenvalue weighted by atomic mass is 9.80. The molecule has 0 spiro atoms. The first-order chi connectivity index (χ1) is 18.4. The van der Waals surface area contributed by atoms with E-state index in [1.807, 2.05) is 20.8 Å². The average Bonchev–Trinajstić information content (AvgIpc) is 2.90. The molecule has 0 N–H and O–H groups in total. The van der Waals surface area contributed by atoms with Crippen molar-refractivity contribution >= 4 is 45.2 Å². The highest BCUT2D eigenvalue weighted by atomic mass is 127. The Morgan fingerprint density at radius 3 is 1.48 bits per heavy atom. The van der Waals surface area contributed by atoms with Crippen LogP contribution in [0.15, 0.2) is 9.66 Å². The van der Waals surface area contributed by atoms with E-state index in [0.717, 1.165) is 37.0 Å². The van der Waals surface area contributed by atoms with Gasteiger partial charge in [0.2, 0.25) is 0 Å². The van der Waals surface area contributed by atoms with E-state index in [9.17, 15) is 4.79 Å². The maximum absolute atomic E-state index is 12.8. The van der Waals surface area contributed by atoms with Gasteiger partial charge in [0.15, 0.2) is 16.6 Å². The van der Waals surface area contributed by atoms with E-state index < -0.39 is 22.0 Å². The molecule has 4 nitrogen and oxygen atoms in total. The summed E-state index contributed by atoms with van der Waals surface area (Å²) in [7, 11) is -4.01. The summed E-state index contributed by atoms with van der Waals surface area (Å²) in [5.74, 6) is 0.538. The van der Waals surface area contributed by atoms with E-state index in [1.54, 1.807) is 0 Å². The first kappa shape index (κ1) is 40.3. The van der Waals surface area contributed by atoms with Crippen molar-refractivity contribution in [3.63, 3.8) is 0 Å². The Morgan fingerprint density at radius 1 is 0.775 bits per heavy atom. The van der Waals surface area contributed by atoms with Crippen LogP contribution in [0.25, 0.3) is 0 Å². The number of halogens is 1. The summed E-state index contributed by atoms with van der Waals surface area (Å²) in [4.78, 5) is 12.8. The largest absolute Gasteiger partial charge is 0.465 e. The molecule has 0 aliphatic carbocycles. The van der Waals surface area contributed by atoms with Gasteiger partial charge in [0.25, 0.3) is 0 Å². The lowest BCUT2D eigenvalue weighted by Gasteiger charge is -2.48. The van der Waals surface area contributed by atoms with Crippen molar-refractivity contribution in [3.05, 3.63) is 9.66 Å². The highest BCUT2D eigenvalue weighted by molar-refractivity contribution is 14.1. The summed E-state index contributed by atoms with van der Waals surface area (Å²) >= 11 is 2.37. The molecule has 0 saturated heterocycles. The Hall–Kier alpha value is 0.294. The quantitative estimate of drug-likeness (QED) is 0.0760. The van der Waals surface area contributed by atoms with E-state index >= 15 is 0 Å². The van der Waals surface area contributed by atoms with Crippen molar-refractivity contribution in [3.8, 4) is 0 Å². The monoisotopic (exact) mass is 710 g/mol. The normalized spacial score (nSPS) is 17.6. The van der Waals surface area contributed by atoms with Gasteiger partial charge in [-0.05, 0) is 85.8 Å². The van der Waals surface area contributed by atoms with Crippen molar-refractivity contribution in [1.29, 1.82) is 0 Å². The molecule has 0 amide bonds. The molecule has 0 unspecified atom stereocenters. The molecule has 5 atom stereocenters. The molecule has 0 radical (unpaired) electrons. The van der Waals surface area contributed by atoms with Crippen LogP contribution < -0.4 is 0 Å². The molecule has 0 fully saturated rings.